The lowest BCUT2D eigenvalue weighted by molar-refractivity contribution is -0.254. The third-order valence-corrected chi connectivity index (χ3v) is 2.47. The molecular weight excluding hydrogens is 211 g/mol. The van der Waals surface area contributed by atoms with Gasteiger partial charge < -0.3 is 9.84 Å². The molecule has 0 aromatic heterocycles. The largest absolute Gasteiger partial charge is 0.459 e. The van der Waals surface area contributed by atoms with Gasteiger partial charge in [0.1, 0.15) is 0 Å². The van der Waals surface area contributed by atoms with Gasteiger partial charge in [-0.1, -0.05) is 0 Å². The van der Waals surface area contributed by atoms with Crippen LogP contribution in [-0.4, -0.2) is 49.2 Å². The summed E-state index contributed by atoms with van der Waals surface area (Å²) in [6.45, 7) is 0.500. The Hall–Kier alpha value is -0.330. The predicted octanol–water partition coefficient (Wildman–Crippen LogP) is 1.23. The number of hydrogen-bond donors (Lipinski definition) is 1. The van der Waals surface area contributed by atoms with Crippen LogP contribution in [0.15, 0.2) is 0 Å². The number of ether oxygens (including phenoxy) is 1. The summed E-state index contributed by atoms with van der Waals surface area (Å²) < 4.78 is 42.1. The summed E-state index contributed by atoms with van der Waals surface area (Å²) in [4.78, 5) is 0.531. The highest BCUT2D eigenvalue weighted by atomic mass is 19.4. The molecular formula is C9H16F3NO2. The molecule has 0 spiro atoms. The molecule has 90 valence electrons. The zero-order valence-corrected chi connectivity index (χ0v) is 8.46. The van der Waals surface area contributed by atoms with Crippen LogP contribution in [0.4, 0.5) is 13.2 Å². The fourth-order valence-electron chi connectivity index (χ4n) is 1.75. The third-order valence-electron chi connectivity index (χ3n) is 2.47. The molecule has 0 bridgehead atoms. The topological polar surface area (TPSA) is 32.7 Å². The lowest BCUT2D eigenvalue weighted by Gasteiger charge is -2.33. The minimum Gasteiger partial charge on any atom is -0.394 e. The van der Waals surface area contributed by atoms with Crippen LogP contribution < -0.4 is 0 Å². The number of halogens is 3. The van der Waals surface area contributed by atoms with Gasteiger partial charge in [-0.25, -0.2) is 4.90 Å². The van der Waals surface area contributed by atoms with E-state index in [1.165, 1.54) is 0 Å². The van der Waals surface area contributed by atoms with E-state index in [1.54, 1.807) is 0 Å². The average Bonchev–Trinajstić information content (AvgIpc) is 2.17. The normalized spacial score (nSPS) is 24.4. The highest BCUT2D eigenvalue weighted by molar-refractivity contribution is 4.74. The molecule has 0 aromatic carbocycles. The van der Waals surface area contributed by atoms with Crippen molar-refractivity contribution >= 4 is 0 Å². The first-order valence-corrected chi connectivity index (χ1v) is 5.04. The summed E-state index contributed by atoms with van der Waals surface area (Å²) in [7, 11) is 0. The minimum absolute atomic E-state index is 0.00886. The van der Waals surface area contributed by atoms with Crippen LogP contribution in [0, 0.1) is 5.92 Å². The van der Waals surface area contributed by atoms with Gasteiger partial charge in [0, 0.05) is 13.1 Å². The second-order valence-corrected chi connectivity index (χ2v) is 3.72. The van der Waals surface area contributed by atoms with E-state index in [1.807, 2.05) is 0 Å². The summed E-state index contributed by atoms with van der Waals surface area (Å²) in [5, 5.41) is 8.46. The quantitative estimate of drug-likeness (QED) is 0.579. The van der Waals surface area contributed by atoms with Gasteiger partial charge >= 0.3 is 6.30 Å². The SMILES string of the molecule is OCCOC[C@@H]1CCCN(C(F)(F)F)C1. The van der Waals surface area contributed by atoms with Crippen molar-refractivity contribution in [1.82, 2.24) is 4.90 Å². The molecule has 1 aliphatic rings. The molecule has 3 nitrogen and oxygen atoms in total. The first kappa shape index (κ1) is 12.7. The Morgan fingerprint density at radius 3 is 2.73 bits per heavy atom. The van der Waals surface area contributed by atoms with Crippen LogP contribution in [-0.2, 0) is 4.74 Å². The number of alkyl halides is 3. The van der Waals surface area contributed by atoms with E-state index < -0.39 is 6.30 Å². The first-order valence-electron chi connectivity index (χ1n) is 5.04. The van der Waals surface area contributed by atoms with Gasteiger partial charge in [-0.05, 0) is 18.8 Å². The molecule has 15 heavy (non-hydrogen) atoms. The number of likely N-dealkylation sites (tertiary alicyclic amines) is 1. The molecule has 1 fully saturated rings. The van der Waals surface area contributed by atoms with E-state index in [2.05, 4.69) is 0 Å². The Bertz CT molecular complexity index is 187. The molecule has 1 saturated heterocycles. The molecule has 0 unspecified atom stereocenters. The van der Waals surface area contributed by atoms with Crippen LogP contribution >= 0.6 is 0 Å². The van der Waals surface area contributed by atoms with Gasteiger partial charge in [0.25, 0.3) is 0 Å². The monoisotopic (exact) mass is 227 g/mol. The summed E-state index contributed by atoms with van der Waals surface area (Å²) in [6.07, 6.45) is -2.92. The van der Waals surface area contributed by atoms with Gasteiger partial charge in [-0.3, -0.25) is 0 Å². The Balaban J connectivity index is 2.29. The van der Waals surface area contributed by atoms with Crippen molar-refractivity contribution in [3.05, 3.63) is 0 Å². The van der Waals surface area contributed by atoms with Crippen LogP contribution in [0.25, 0.3) is 0 Å². The fourth-order valence-corrected chi connectivity index (χ4v) is 1.75. The Morgan fingerprint density at radius 1 is 1.40 bits per heavy atom. The van der Waals surface area contributed by atoms with Gasteiger partial charge in [0.15, 0.2) is 0 Å². The van der Waals surface area contributed by atoms with Gasteiger partial charge in [0.05, 0.1) is 19.8 Å². The Kier molecular flexibility index (Phi) is 4.82. The smallest absolute Gasteiger partial charge is 0.394 e. The van der Waals surface area contributed by atoms with Crippen molar-refractivity contribution in [2.45, 2.75) is 19.1 Å². The summed E-state index contributed by atoms with van der Waals surface area (Å²) in [6, 6.07) is 0. The lowest BCUT2D eigenvalue weighted by Crippen LogP contribution is -2.45. The van der Waals surface area contributed by atoms with Crippen LogP contribution in [0.1, 0.15) is 12.8 Å². The molecule has 1 atom stereocenters. The zero-order chi connectivity index (χ0) is 11.3. The number of rotatable bonds is 4. The van der Waals surface area contributed by atoms with Crippen molar-refractivity contribution in [1.29, 1.82) is 0 Å². The molecule has 0 aromatic rings. The van der Waals surface area contributed by atoms with Crippen LogP contribution in [0.2, 0.25) is 0 Å². The molecule has 1 heterocycles. The summed E-state index contributed by atoms with van der Waals surface area (Å²) in [5.41, 5.74) is 0. The van der Waals surface area contributed by atoms with E-state index in [-0.39, 0.29) is 32.2 Å². The average molecular weight is 227 g/mol. The Labute approximate surface area is 86.8 Å². The molecule has 1 rings (SSSR count). The number of hydrogen-bond acceptors (Lipinski definition) is 3. The molecule has 0 amide bonds. The van der Waals surface area contributed by atoms with Crippen molar-refractivity contribution in [3.63, 3.8) is 0 Å². The second kappa shape index (κ2) is 5.67. The van der Waals surface area contributed by atoms with E-state index in [4.69, 9.17) is 9.84 Å². The maximum absolute atomic E-state index is 12.3. The van der Waals surface area contributed by atoms with Crippen LogP contribution in [0.5, 0.6) is 0 Å². The van der Waals surface area contributed by atoms with Gasteiger partial charge in [-0.15, -0.1) is 0 Å². The second-order valence-electron chi connectivity index (χ2n) is 3.72. The fraction of sp³-hybridized carbons (Fsp3) is 1.00. The number of aliphatic hydroxyl groups is 1. The minimum atomic E-state index is -4.23. The number of piperidine rings is 1. The van der Waals surface area contributed by atoms with Gasteiger partial charge in [0.2, 0.25) is 0 Å². The van der Waals surface area contributed by atoms with Crippen LogP contribution in [0.3, 0.4) is 0 Å². The summed E-state index contributed by atoms with van der Waals surface area (Å²) >= 11 is 0. The maximum atomic E-state index is 12.3. The molecule has 0 saturated carbocycles. The number of nitrogens with zero attached hydrogens (tertiary/aromatic N) is 1. The predicted molar refractivity (Wildman–Crippen MR) is 48.3 cm³/mol. The maximum Gasteiger partial charge on any atom is 0.459 e. The molecule has 6 heteroatoms. The zero-order valence-electron chi connectivity index (χ0n) is 8.46. The van der Waals surface area contributed by atoms with E-state index in [0.717, 1.165) is 6.42 Å². The van der Waals surface area contributed by atoms with E-state index in [0.29, 0.717) is 17.9 Å². The summed E-state index contributed by atoms with van der Waals surface area (Å²) in [5.74, 6) is -0.0769. The number of aliphatic hydroxyl groups excluding tert-OH is 1. The molecule has 1 aliphatic heterocycles. The van der Waals surface area contributed by atoms with Gasteiger partial charge in [-0.2, -0.15) is 13.2 Å². The highest BCUT2D eigenvalue weighted by Crippen LogP contribution is 2.27. The third kappa shape index (κ3) is 4.36. The molecule has 1 N–H and O–H groups in total. The van der Waals surface area contributed by atoms with Crippen molar-refractivity contribution in [2.24, 2.45) is 5.92 Å². The van der Waals surface area contributed by atoms with Crippen molar-refractivity contribution in [2.75, 3.05) is 32.9 Å². The highest BCUT2D eigenvalue weighted by Gasteiger charge is 2.39. The van der Waals surface area contributed by atoms with E-state index >= 15 is 0 Å². The standard InChI is InChI=1S/C9H16F3NO2/c10-9(11,12)13-3-1-2-8(6-13)7-15-5-4-14/h8,14H,1-7H2/t8-/m1/s1. The lowest BCUT2D eigenvalue weighted by atomic mass is 9.99. The molecule has 0 radical (unpaired) electrons. The van der Waals surface area contributed by atoms with Crippen molar-refractivity contribution < 1.29 is 23.0 Å². The van der Waals surface area contributed by atoms with Crippen molar-refractivity contribution in [3.8, 4) is 0 Å². The first-order chi connectivity index (χ1) is 7.04. The Morgan fingerprint density at radius 2 is 2.13 bits per heavy atom. The van der Waals surface area contributed by atoms with E-state index in [9.17, 15) is 13.2 Å². The molecule has 0 aliphatic carbocycles.